The van der Waals surface area contributed by atoms with Gasteiger partial charge in [-0.25, -0.2) is 0 Å². The predicted molar refractivity (Wildman–Crippen MR) is 173 cm³/mol. The van der Waals surface area contributed by atoms with Gasteiger partial charge in [-0.3, -0.25) is 14.4 Å². The van der Waals surface area contributed by atoms with E-state index in [0.29, 0.717) is 24.0 Å². The van der Waals surface area contributed by atoms with Crippen molar-refractivity contribution in [2.45, 2.75) is 84.7 Å². The summed E-state index contributed by atoms with van der Waals surface area (Å²) in [6.45, 7) is 6.69. The molecule has 3 fully saturated rings. The number of esters is 1. The largest absolute Gasteiger partial charge is 0.508 e. The van der Waals surface area contributed by atoms with Crippen LogP contribution in [0.15, 0.2) is 51.2 Å². The number of aromatic hydroxyl groups is 5. The molecule has 0 spiro atoms. The number of ether oxygens (including phenoxy) is 1. The number of ketones is 1. The maximum atomic E-state index is 12.1. The molecule has 2 aromatic carbocycles. The van der Waals surface area contributed by atoms with Gasteiger partial charge in [0.25, 0.3) is 0 Å². The number of phenols is 4. The SMILES string of the molecule is CCC(=O)OC1CCC2C3CCC4=CC(=O)CCC4(C)C3CCC12C.O=c1c(O)c(-c2ccc(O)c(O)c2)oc2cc(O)cc(O)c12. The number of carbonyl (C=O) groups excluding carboxylic acids is 2. The first-order valence-corrected chi connectivity index (χ1v) is 16.4. The van der Waals surface area contributed by atoms with Crippen LogP contribution in [-0.2, 0) is 14.3 Å². The minimum absolute atomic E-state index is 0.0411. The van der Waals surface area contributed by atoms with Gasteiger partial charge in [-0.1, -0.05) is 26.3 Å². The van der Waals surface area contributed by atoms with E-state index < -0.39 is 22.7 Å². The van der Waals surface area contributed by atoms with Crippen LogP contribution >= 0.6 is 0 Å². The highest BCUT2D eigenvalue weighted by Crippen LogP contribution is 2.65. The zero-order chi connectivity index (χ0) is 33.8. The van der Waals surface area contributed by atoms with Crippen molar-refractivity contribution in [2.75, 3.05) is 0 Å². The summed E-state index contributed by atoms with van der Waals surface area (Å²) >= 11 is 0. The zero-order valence-electron chi connectivity index (χ0n) is 26.9. The summed E-state index contributed by atoms with van der Waals surface area (Å²) in [6.07, 6.45) is 11.3. The van der Waals surface area contributed by atoms with E-state index in [9.17, 15) is 39.9 Å². The van der Waals surface area contributed by atoms with E-state index in [2.05, 4.69) is 13.8 Å². The van der Waals surface area contributed by atoms with Crippen LogP contribution in [0.3, 0.4) is 0 Å². The number of benzene rings is 2. The monoisotopic (exact) mass is 646 g/mol. The third-order valence-electron chi connectivity index (χ3n) is 11.6. The van der Waals surface area contributed by atoms with E-state index in [1.807, 2.05) is 13.0 Å². The third-order valence-corrected chi connectivity index (χ3v) is 11.6. The molecule has 0 radical (unpaired) electrons. The minimum atomic E-state index is -0.888. The molecular formula is C37H42O10. The van der Waals surface area contributed by atoms with E-state index in [1.54, 1.807) is 0 Å². The van der Waals surface area contributed by atoms with Gasteiger partial charge in [0, 0.05) is 36.0 Å². The van der Waals surface area contributed by atoms with Crippen molar-refractivity contribution in [1.82, 2.24) is 0 Å². The molecule has 10 heteroatoms. The molecule has 0 amide bonds. The summed E-state index contributed by atoms with van der Waals surface area (Å²) in [5.74, 6) is -0.302. The van der Waals surface area contributed by atoms with Crippen LogP contribution in [0.1, 0.15) is 78.6 Å². The summed E-state index contributed by atoms with van der Waals surface area (Å²) in [4.78, 5) is 35.9. The molecule has 0 bridgehead atoms. The Labute approximate surface area is 272 Å². The molecule has 7 rings (SSSR count). The molecular weight excluding hydrogens is 604 g/mol. The quantitative estimate of drug-likeness (QED) is 0.150. The third kappa shape index (κ3) is 5.51. The highest BCUT2D eigenvalue weighted by molar-refractivity contribution is 5.91. The van der Waals surface area contributed by atoms with Gasteiger partial charge in [-0.2, -0.15) is 0 Å². The van der Waals surface area contributed by atoms with Gasteiger partial charge < -0.3 is 34.7 Å². The predicted octanol–water partition coefficient (Wildman–Crippen LogP) is 6.83. The average Bonchev–Trinajstić information content (AvgIpc) is 3.36. The second kappa shape index (κ2) is 12.0. The first-order chi connectivity index (χ1) is 22.3. The van der Waals surface area contributed by atoms with E-state index in [4.69, 9.17) is 9.15 Å². The lowest BCUT2D eigenvalue weighted by molar-refractivity contribution is -0.159. The second-order valence-corrected chi connectivity index (χ2v) is 14.1. The first kappa shape index (κ1) is 32.5. The number of carbonyl (C=O) groups is 2. The van der Waals surface area contributed by atoms with Crippen molar-refractivity contribution in [3.8, 4) is 40.1 Å². The van der Waals surface area contributed by atoms with Crippen LogP contribution in [0.25, 0.3) is 22.3 Å². The van der Waals surface area contributed by atoms with Gasteiger partial charge in [-0.15, -0.1) is 0 Å². The molecule has 250 valence electrons. The summed E-state index contributed by atoms with van der Waals surface area (Å²) in [5, 5.41) is 47.6. The minimum Gasteiger partial charge on any atom is -0.508 e. The molecule has 0 aliphatic heterocycles. The lowest BCUT2D eigenvalue weighted by Crippen LogP contribution is -2.51. The van der Waals surface area contributed by atoms with Crippen LogP contribution < -0.4 is 5.43 Å². The Kier molecular flexibility index (Phi) is 8.26. The van der Waals surface area contributed by atoms with Crippen molar-refractivity contribution in [1.29, 1.82) is 0 Å². The molecule has 10 nitrogen and oxygen atoms in total. The average molecular weight is 647 g/mol. The Hall–Kier alpha value is -4.47. The van der Waals surface area contributed by atoms with Crippen LogP contribution in [0, 0.1) is 28.6 Å². The Morgan fingerprint density at radius 2 is 1.66 bits per heavy atom. The normalized spacial score (nSPS) is 29.5. The Morgan fingerprint density at radius 3 is 2.38 bits per heavy atom. The molecule has 1 heterocycles. The zero-order valence-corrected chi connectivity index (χ0v) is 26.9. The lowest BCUT2D eigenvalue weighted by Gasteiger charge is -2.57. The Bertz CT molecular complexity index is 1840. The standard InChI is InChI=1S/C22H32O3.C15H10O7/c1-4-20(24)25-19-8-7-17-16-6-5-14-13-15(23)9-11-21(14,2)18(16)10-12-22(17,19)3;16-7-4-10(19)12-11(5-7)22-15(14(21)13(12)20)6-1-2-8(17)9(18)3-6/h13,16-19H,4-12H2,1-3H3;1-5,16-19,21H. The van der Waals surface area contributed by atoms with E-state index in [-0.39, 0.29) is 56.7 Å². The highest BCUT2D eigenvalue weighted by atomic mass is 16.5. The Morgan fingerprint density at radius 1 is 0.894 bits per heavy atom. The van der Waals surface area contributed by atoms with Crippen LogP contribution in [0.2, 0.25) is 0 Å². The fourth-order valence-corrected chi connectivity index (χ4v) is 9.08. The molecule has 47 heavy (non-hydrogen) atoms. The van der Waals surface area contributed by atoms with Crippen molar-refractivity contribution < 1.29 is 44.3 Å². The van der Waals surface area contributed by atoms with Gasteiger partial charge in [0.1, 0.15) is 28.6 Å². The maximum absolute atomic E-state index is 12.1. The van der Waals surface area contributed by atoms with Gasteiger partial charge >= 0.3 is 5.97 Å². The molecule has 1 aromatic heterocycles. The van der Waals surface area contributed by atoms with Gasteiger partial charge in [0.05, 0.1) is 0 Å². The van der Waals surface area contributed by atoms with Crippen molar-refractivity contribution in [3.63, 3.8) is 0 Å². The van der Waals surface area contributed by atoms with Gasteiger partial charge in [0.2, 0.25) is 11.2 Å². The number of fused-ring (bicyclic) bond motifs is 6. The highest BCUT2D eigenvalue weighted by Gasteiger charge is 2.59. The molecule has 3 aromatic rings. The number of allylic oxidation sites excluding steroid dienone is 1. The van der Waals surface area contributed by atoms with Crippen molar-refractivity contribution >= 4 is 22.7 Å². The molecule has 4 aliphatic carbocycles. The van der Waals surface area contributed by atoms with E-state index in [0.717, 1.165) is 62.3 Å². The first-order valence-electron chi connectivity index (χ1n) is 16.4. The van der Waals surface area contributed by atoms with Gasteiger partial charge in [0.15, 0.2) is 23.0 Å². The van der Waals surface area contributed by atoms with Crippen LogP contribution in [-0.4, -0.2) is 43.4 Å². The molecule has 5 N–H and O–H groups in total. The number of hydrogen-bond donors (Lipinski definition) is 5. The number of hydrogen-bond acceptors (Lipinski definition) is 10. The van der Waals surface area contributed by atoms with Crippen LogP contribution in [0.4, 0.5) is 0 Å². The summed E-state index contributed by atoms with van der Waals surface area (Å²) in [5.41, 5.74) is 0.934. The fourth-order valence-electron chi connectivity index (χ4n) is 9.08. The van der Waals surface area contributed by atoms with Gasteiger partial charge in [-0.05, 0) is 92.4 Å². The topological polar surface area (TPSA) is 175 Å². The number of phenolic OH excluding ortho intramolecular Hbond substituents is 4. The summed E-state index contributed by atoms with van der Waals surface area (Å²) in [6, 6.07) is 5.64. The Balaban J connectivity index is 0.000000166. The maximum Gasteiger partial charge on any atom is 0.305 e. The van der Waals surface area contributed by atoms with E-state index in [1.165, 1.54) is 30.9 Å². The van der Waals surface area contributed by atoms with Crippen LogP contribution in [0.5, 0.6) is 28.7 Å². The smallest absolute Gasteiger partial charge is 0.305 e. The van der Waals surface area contributed by atoms with Crippen molar-refractivity contribution in [3.05, 3.63) is 52.2 Å². The molecule has 0 saturated heterocycles. The second-order valence-electron chi connectivity index (χ2n) is 14.1. The fraction of sp³-hybridized carbons (Fsp3) is 0.486. The molecule has 6 atom stereocenters. The summed E-state index contributed by atoms with van der Waals surface area (Å²) in [7, 11) is 0. The van der Waals surface area contributed by atoms with E-state index >= 15 is 0 Å². The van der Waals surface area contributed by atoms with Crippen molar-refractivity contribution in [2.24, 2.45) is 28.6 Å². The lowest BCUT2D eigenvalue weighted by atomic mass is 9.47. The number of rotatable bonds is 3. The summed E-state index contributed by atoms with van der Waals surface area (Å²) < 4.78 is 11.2. The molecule has 4 aliphatic rings. The molecule has 6 unspecified atom stereocenters. The molecule has 3 saturated carbocycles.